The van der Waals surface area contributed by atoms with Gasteiger partial charge in [-0.25, -0.2) is 15.0 Å². The van der Waals surface area contributed by atoms with E-state index in [1.165, 1.54) is 89.9 Å². The average Bonchev–Trinajstić information content (AvgIpc) is 3.05. The van der Waals surface area contributed by atoms with Gasteiger partial charge in [-0.05, 0) is 6.42 Å². The van der Waals surface area contributed by atoms with Crippen LogP contribution in [0, 0.1) is 0 Å². The minimum Gasteiger partial charge on any atom is -0.328 e. The average molecular weight is 345 g/mol. The highest BCUT2D eigenvalue weighted by atomic mass is 15.1. The van der Waals surface area contributed by atoms with Gasteiger partial charge in [-0.3, -0.25) is 0 Å². The number of nitrogens with zero attached hydrogens (tertiary/aromatic N) is 4. The molecule has 0 aliphatic rings. The molecule has 0 spiro atoms. The second kappa shape index (κ2) is 12.8. The second-order valence-electron chi connectivity index (χ2n) is 7.27. The van der Waals surface area contributed by atoms with Gasteiger partial charge in [0.05, 0.1) is 12.5 Å². The number of aryl methyl sites for hydroxylation is 1. The first-order chi connectivity index (χ1) is 12.4. The van der Waals surface area contributed by atoms with E-state index in [0.29, 0.717) is 0 Å². The van der Waals surface area contributed by atoms with Crippen molar-refractivity contribution in [2.45, 2.75) is 103 Å². The van der Waals surface area contributed by atoms with Gasteiger partial charge in [0.25, 0.3) is 0 Å². The number of aromatic nitrogens is 4. The third kappa shape index (κ3) is 7.98. The molecule has 0 saturated heterocycles. The molecule has 25 heavy (non-hydrogen) atoms. The normalized spacial score (nSPS) is 11.4. The lowest BCUT2D eigenvalue weighted by Gasteiger charge is -2.05. The molecule has 2 heterocycles. The molecule has 0 bridgehead atoms. The lowest BCUT2D eigenvalue weighted by molar-refractivity contribution is 0.526. The predicted octanol–water partition coefficient (Wildman–Crippen LogP) is 6.31. The van der Waals surface area contributed by atoms with Crippen molar-refractivity contribution in [2.75, 3.05) is 0 Å². The quantitative estimate of drug-likeness (QED) is 0.356. The topological polar surface area (TPSA) is 43.6 Å². The summed E-state index contributed by atoms with van der Waals surface area (Å²) in [6.45, 7) is 3.32. The van der Waals surface area contributed by atoms with E-state index in [2.05, 4.69) is 26.4 Å². The van der Waals surface area contributed by atoms with E-state index < -0.39 is 0 Å². The molecule has 4 heteroatoms. The van der Waals surface area contributed by atoms with Crippen molar-refractivity contribution in [1.29, 1.82) is 0 Å². The molecule has 0 aliphatic heterocycles. The molecule has 0 N–H and O–H groups in total. The number of imidazole rings is 1. The first kappa shape index (κ1) is 19.9. The van der Waals surface area contributed by atoms with Crippen molar-refractivity contribution in [3.05, 3.63) is 18.9 Å². The zero-order valence-corrected chi connectivity index (χ0v) is 16.1. The molecule has 0 aromatic carbocycles. The van der Waals surface area contributed by atoms with Gasteiger partial charge in [0.1, 0.15) is 11.8 Å². The summed E-state index contributed by atoms with van der Waals surface area (Å²) < 4.78 is 2.18. The van der Waals surface area contributed by atoms with Crippen LogP contribution in [0.1, 0.15) is 96.8 Å². The zero-order valence-electron chi connectivity index (χ0n) is 16.1. The Hall–Kier alpha value is -1.45. The molecule has 0 fully saturated rings. The maximum atomic E-state index is 4.32. The van der Waals surface area contributed by atoms with Crippen LogP contribution in [-0.4, -0.2) is 19.5 Å². The summed E-state index contributed by atoms with van der Waals surface area (Å²) in [5.41, 5.74) is 1.86. The van der Waals surface area contributed by atoms with Crippen LogP contribution in [0.4, 0.5) is 0 Å². The van der Waals surface area contributed by atoms with E-state index in [-0.39, 0.29) is 0 Å². The van der Waals surface area contributed by atoms with E-state index in [9.17, 15) is 0 Å². The summed E-state index contributed by atoms with van der Waals surface area (Å²) in [5, 5.41) is 0. The molecule has 4 nitrogen and oxygen atoms in total. The maximum Gasteiger partial charge on any atom is 0.180 e. The third-order valence-electron chi connectivity index (χ3n) is 5.05. The molecule has 2 aromatic rings. The molecule has 2 rings (SSSR count). The minimum atomic E-state index is 0.806. The fourth-order valence-electron chi connectivity index (χ4n) is 3.46. The molecule has 0 aliphatic carbocycles. The van der Waals surface area contributed by atoms with Gasteiger partial charge in [-0.1, -0.05) is 90.4 Å². The standard InChI is InChI=1S/C21H36N4/c1-2-3-4-5-6-7-8-9-10-11-12-13-14-15-16-25-19-24-21-20(25)17-22-18-23-21/h17-19H,2-16H2,1H3. The van der Waals surface area contributed by atoms with Gasteiger partial charge in [-0.2, -0.15) is 0 Å². The highest BCUT2D eigenvalue weighted by molar-refractivity contribution is 5.68. The van der Waals surface area contributed by atoms with Crippen LogP contribution in [0.25, 0.3) is 11.2 Å². The molecule has 2 aromatic heterocycles. The maximum absolute atomic E-state index is 4.32. The number of hydrogen-bond donors (Lipinski definition) is 0. The molecular formula is C21H36N4. The summed E-state index contributed by atoms with van der Waals surface area (Å²) in [7, 11) is 0. The Morgan fingerprint density at radius 2 is 1.28 bits per heavy atom. The number of unbranched alkanes of at least 4 members (excludes halogenated alkanes) is 13. The van der Waals surface area contributed by atoms with Gasteiger partial charge in [0.15, 0.2) is 5.65 Å². The van der Waals surface area contributed by atoms with E-state index in [1.807, 2.05) is 12.5 Å². The van der Waals surface area contributed by atoms with Crippen LogP contribution in [0.5, 0.6) is 0 Å². The van der Waals surface area contributed by atoms with Gasteiger partial charge >= 0.3 is 0 Å². The molecule has 0 saturated carbocycles. The Kier molecular flexibility index (Phi) is 10.2. The molecule has 140 valence electrons. The van der Waals surface area contributed by atoms with Crippen LogP contribution < -0.4 is 0 Å². The van der Waals surface area contributed by atoms with E-state index in [1.54, 1.807) is 6.33 Å². The molecule has 0 radical (unpaired) electrons. The van der Waals surface area contributed by atoms with Gasteiger partial charge in [-0.15, -0.1) is 0 Å². The van der Waals surface area contributed by atoms with E-state index in [4.69, 9.17) is 0 Å². The molecule has 0 amide bonds. The van der Waals surface area contributed by atoms with E-state index >= 15 is 0 Å². The van der Waals surface area contributed by atoms with Gasteiger partial charge in [0.2, 0.25) is 0 Å². The Labute approximate surface area is 153 Å². The Morgan fingerprint density at radius 3 is 1.88 bits per heavy atom. The smallest absolute Gasteiger partial charge is 0.180 e. The summed E-state index contributed by atoms with van der Waals surface area (Å²) in [5.74, 6) is 0. The summed E-state index contributed by atoms with van der Waals surface area (Å²) >= 11 is 0. The van der Waals surface area contributed by atoms with Crippen molar-refractivity contribution in [2.24, 2.45) is 0 Å². The van der Waals surface area contributed by atoms with Crippen LogP contribution in [0.15, 0.2) is 18.9 Å². The van der Waals surface area contributed by atoms with Crippen LogP contribution in [0.2, 0.25) is 0 Å². The first-order valence-electron chi connectivity index (χ1n) is 10.5. The summed E-state index contributed by atoms with van der Waals surface area (Å²) in [6.07, 6.45) is 24.9. The number of fused-ring (bicyclic) bond motifs is 1. The van der Waals surface area contributed by atoms with Crippen molar-refractivity contribution in [3.63, 3.8) is 0 Å². The highest BCUT2D eigenvalue weighted by Crippen LogP contribution is 2.14. The molecule has 0 unspecified atom stereocenters. The van der Waals surface area contributed by atoms with Gasteiger partial charge in [0, 0.05) is 6.54 Å². The third-order valence-corrected chi connectivity index (χ3v) is 5.05. The summed E-state index contributed by atoms with van der Waals surface area (Å²) in [6, 6.07) is 0. The van der Waals surface area contributed by atoms with Crippen molar-refractivity contribution in [1.82, 2.24) is 19.5 Å². The predicted molar refractivity (Wildman–Crippen MR) is 106 cm³/mol. The molecule has 0 atom stereocenters. The van der Waals surface area contributed by atoms with Crippen LogP contribution in [-0.2, 0) is 6.54 Å². The fraction of sp³-hybridized carbons (Fsp3) is 0.762. The number of hydrogen-bond acceptors (Lipinski definition) is 3. The Morgan fingerprint density at radius 1 is 0.720 bits per heavy atom. The SMILES string of the molecule is CCCCCCCCCCCCCCCCn1cnc2ncncc21. The van der Waals surface area contributed by atoms with Crippen LogP contribution >= 0.6 is 0 Å². The fourth-order valence-corrected chi connectivity index (χ4v) is 3.46. The highest BCUT2D eigenvalue weighted by Gasteiger charge is 2.02. The minimum absolute atomic E-state index is 0.806. The second-order valence-corrected chi connectivity index (χ2v) is 7.27. The van der Waals surface area contributed by atoms with Crippen LogP contribution in [0.3, 0.4) is 0 Å². The lowest BCUT2D eigenvalue weighted by atomic mass is 10.0. The van der Waals surface area contributed by atoms with Crippen molar-refractivity contribution >= 4 is 11.2 Å². The van der Waals surface area contributed by atoms with Crippen molar-refractivity contribution < 1.29 is 0 Å². The zero-order chi connectivity index (χ0) is 17.6. The number of rotatable bonds is 15. The molecular weight excluding hydrogens is 308 g/mol. The monoisotopic (exact) mass is 344 g/mol. The first-order valence-corrected chi connectivity index (χ1v) is 10.5. The Bertz CT molecular complexity index is 564. The van der Waals surface area contributed by atoms with Gasteiger partial charge < -0.3 is 4.57 Å². The largest absolute Gasteiger partial charge is 0.328 e. The Balaban J connectivity index is 1.38. The lowest BCUT2D eigenvalue weighted by Crippen LogP contribution is -1.96. The van der Waals surface area contributed by atoms with Crippen molar-refractivity contribution in [3.8, 4) is 0 Å². The van der Waals surface area contributed by atoms with E-state index in [0.717, 1.165) is 17.7 Å². The summed E-state index contributed by atoms with van der Waals surface area (Å²) in [4.78, 5) is 12.6.